The van der Waals surface area contributed by atoms with Gasteiger partial charge in [0.1, 0.15) is 5.01 Å². The van der Waals surface area contributed by atoms with Crippen LogP contribution in [0.4, 0.5) is 10.8 Å². The highest BCUT2D eigenvalue weighted by Crippen LogP contribution is 2.23. The maximum absolute atomic E-state index is 12.4. The molecular weight excluding hydrogens is 416 g/mol. The first-order valence-corrected chi connectivity index (χ1v) is 11.5. The highest BCUT2D eigenvalue weighted by Gasteiger charge is 2.14. The van der Waals surface area contributed by atoms with E-state index in [2.05, 4.69) is 20.2 Å². The van der Waals surface area contributed by atoms with E-state index in [-0.39, 0.29) is 16.6 Å². The number of amides is 1. The van der Waals surface area contributed by atoms with Gasteiger partial charge in [0.2, 0.25) is 11.0 Å². The number of rotatable bonds is 7. The zero-order valence-corrected chi connectivity index (χ0v) is 17.6. The molecule has 0 aliphatic carbocycles. The maximum atomic E-state index is 12.4. The van der Waals surface area contributed by atoms with Crippen LogP contribution in [-0.4, -0.2) is 30.3 Å². The maximum Gasteiger partial charge on any atom is 0.261 e. The molecule has 0 aliphatic heterocycles. The van der Waals surface area contributed by atoms with Crippen molar-refractivity contribution in [3.63, 3.8) is 0 Å². The predicted molar refractivity (Wildman–Crippen MR) is 112 cm³/mol. The van der Waals surface area contributed by atoms with Gasteiger partial charge in [-0.1, -0.05) is 29.0 Å². The summed E-state index contributed by atoms with van der Waals surface area (Å²) in [7, 11) is -3.63. The Bertz CT molecular complexity index is 1060. The minimum absolute atomic E-state index is 0.176. The third-order valence-electron chi connectivity index (χ3n) is 3.58. The van der Waals surface area contributed by atoms with Gasteiger partial charge in [-0.15, -0.1) is 22.0 Å². The number of aromatic nitrogens is 2. The fourth-order valence-electron chi connectivity index (χ4n) is 2.20. The monoisotopic (exact) mass is 434 g/mol. The first kappa shape index (κ1) is 20.3. The van der Waals surface area contributed by atoms with Crippen LogP contribution in [0.5, 0.6) is 0 Å². The van der Waals surface area contributed by atoms with Gasteiger partial charge >= 0.3 is 0 Å². The van der Waals surface area contributed by atoms with Crippen LogP contribution < -0.4 is 10.0 Å². The fraction of sp³-hybridized carbons (Fsp3) is 0.167. The lowest BCUT2D eigenvalue weighted by atomic mass is 10.2. The van der Waals surface area contributed by atoms with Crippen molar-refractivity contribution < 1.29 is 13.2 Å². The van der Waals surface area contributed by atoms with E-state index in [4.69, 9.17) is 0 Å². The van der Waals surface area contributed by atoms with Crippen molar-refractivity contribution in [1.29, 1.82) is 0 Å². The van der Waals surface area contributed by atoms with Crippen LogP contribution in [0.15, 0.2) is 58.3 Å². The van der Waals surface area contributed by atoms with Gasteiger partial charge < -0.3 is 0 Å². The summed E-state index contributed by atoms with van der Waals surface area (Å²) in [6.45, 7) is 3.71. The minimum atomic E-state index is -3.63. The molecule has 28 heavy (non-hydrogen) atoms. The predicted octanol–water partition coefficient (Wildman–Crippen LogP) is 3.69. The molecule has 0 fully saturated rings. The zero-order chi connectivity index (χ0) is 20.1. The zero-order valence-electron chi connectivity index (χ0n) is 15.2. The van der Waals surface area contributed by atoms with Crippen LogP contribution in [0.2, 0.25) is 0 Å². The van der Waals surface area contributed by atoms with E-state index in [0.717, 1.165) is 15.5 Å². The second-order valence-electron chi connectivity index (χ2n) is 5.91. The van der Waals surface area contributed by atoms with Crippen LogP contribution in [0, 0.1) is 13.8 Å². The number of sulfonamides is 1. The smallest absolute Gasteiger partial charge is 0.261 e. The third kappa shape index (κ3) is 5.54. The Labute approximate surface area is 171 Å². The van der Waals surface area contributed by atoms with Gasteiger partial charge in [-0.2, -0.15) is 0 Å². The van der Waals surface area contributed by atoms with Crippen LogP contribution in [0.1, 0.15) is 10.6 Å². The third-order valence-corrected chi connectivity index (χ3v) is 6.74. The molecule has 0 spiro atoms. The van der Waals surface area contributed by atoms with Crippen molar-refractivity contribution in [2.45, 2.75) is 23.6 Å². The minimum Gasteiger partial charge on any atom is -0.300 e. The van der Waals surface area contributed by atoms with Gasteiger partial charge in [0.15, 0.2) is 0 Å². The van der Waals surface area contributed by atoms with Gasteiger partial charge in [0, 0.05) is 10.6 Å². The highest BCUT2D eigenvalue weighted by atomic mass is 32.2. The Balaban J connectivity index is 1.55. The number of carbonyl (C=O) groups excluding carboxylic acids is 1. The number of aryl methyl sites for hydroxylation is 2. The molecule has 0 aliphatic rings. The summed E-state index contributed by atoms with van der Waals surface area (Å²) in [5.41, 5.74) is 1.45. The van der Waals surface area contributed by atoms with Gasteiger partial charge in [-0.05, 0) is 50.2 Å². The molecule has 1 aromatic heterocycles. The largest absolute Gasteiger partial charge is 0.300 e. The molecule has 1 amide bonds. The molecule has 3 aromatic rings. The number of nitrogens with one attached hydrogen (secondary N) is 2. The van der Waals surface area contributed by atoms with E-state index in [9.17, 15) is 13.2 Å². The molecule has 0 saturated heterocycles. The molecule has 0 radical (unpaired) electrons. The molecule has 10 heteroatoms. The summed E-state index contributed by atoms with van der Waals surface area (Å²) >= 11 is 2.66. The van der Waals surface area contributed by atoms with E-state index >= 15 is 0 Å². The standard InChI is InChI=1S/C18H18N4O3S3/c1-12-3-9-16(10-4-12)28(24,25)22-14-5-7-15(8-6-14)26-11-17(23)19-18-21-20-13(2)27-18/h3-10,22H,11H2,1-2H3,(H,19,21,23). The SMILES string of the molecule is Cc1ccc(S(=O)(=O)Nc2ccc(SCC(=O)Nc3nnc(C)s3)cc2)cc1. The molecule has 1 heterocycles. The van der Waals surface area contributed by atoms with Crippen LogP contribution in [0.3, 0.4) is 0 Å². The van der Waals surface area contributed by atoms with E-state index in [0.29, 0.717) is 10.8 Å². The molecule has 0 atom stereocenters. The molecule has 146 valence electrons. The number of anilines is 2. The summed E-state index contributed by atoms with van der Waals surface area (Å²) in [6.07, 6.45) is 0. The number of nitrogens with zero attached hydrogens (tertiary/aromatic N) is 2. The van der Waals surface area contributed by atoms with E-state index in [1.807, 2.05) is 13.8 Å². The Hall–Kier alpha value is -2.43. The first-order chi connectivity index (χ1) is 13.3. The molecule has 0 saturated carbocycles. The molecule has 2 N–H and O–H groups in total. The first-order valence-electron chi connectivity index (χ1n) is 8.24. The van der Waals surface area contributed by atoms with Crippen molar-refractivity contribution in [2.24, 2.45) is 0 Å². The molecule has 0 unspecified atom stereocenters. The van der Waals surface area contributed by atoms with Crippen LogP contribution in [0.25, 0.3) is 0 Å². The molecular formula is C18H18N4O3S3. The number of benzene rings is 2. The van der Waals surface area contributed by atoms with Crippen molar-refractivity contribution >= 4 is 49.8 Å². The van der Waals surface area contributed by atoms with Crippen LogP contribution >= 0.6 is 23.1 Å². The highest BCUT2D eigenvalue weighted by molar-refractivity contribution is 8.00. The summed E-state index contributed by atoms with van der Waals surface area (Å²) in [4.78, 5) is 13.0. The number of hydrogen-bond acceptors (Lipinski definition) is 7. The van der Waals surface area contributed by atoms with Crippen molar-refractivity contribution in [1.82, 2.24) is 10.2 Å². The topological polar surface area (TPSA) is 101 Å². The van der Waals surface area contributed by atoms with Crippen LogP contribution in [-0.2, 0) is 14.8 Å². The molecule has 0 bridgehead atoms. The molecule has 7 nitrogen and oxygen atoms in total. The van der Waals surface area contributed by atoms with E-state index in [1.54, 1.807) is 48.5 Å². The lowest BCUT2D eigenvalue weighted by Crippen LogP contribution is -2.14. The second-order valence-corrected chi connectivity index (χ2v) is 9.82. The molecule has 2 aromatic carbocycles. The van der Waals surface area contributed by atoms with Crippen molar-refractivity contribution in [2.75, 3.05) is 15.8 Å². The summed E-state index contributed by atoms with van der Waals surface area (Å²) in [6, 6.07) is 13.5. The number of hydrogen-bond donors (Lipinski definition) is 2. The Kier molecular flexibility index (Phi) is 6.32. The summed E-state index contributed by atoms with van der Waals surface area (Å²) < 4.78 is 27.4. The number of carbonyl (C=O) groups is 1. The van der Waals surface area contributed by atoms with E-state index in [1.165, 1.54) is 23.1 Å². The second kappa shape index (κ2) is 8.72. The van der Waals surface area contributed by atoms with E-state index < -0.39 is 10.0 Å². The quantitative estimate of drug-likeness (QED) is 0.550. The van der Waals surface area contributed by atoms with Crippen molar-refractivity contribution in [3.05, 3.63) is 59.1 Å². The Morgan fingerprint density at radius 2 is 1.71 bits per heavy atom. The van der Waals surface area contributed by atoms with Gasteiger partial charge in [0.25, 0.3) is 10.0 Å². The Morgan fingerprint density at radius 3 is 2.32 bits per heavy atom. The summed E-state index contributed by atoms with van der Waals surface area (Å²) in [5, 5.41) is 11.6. The fourth-order valence-corrected chi connectivity index (χ4v) is 4.57. The lowest BCUT2D eigenvalue weighted by Gasteiger charge is -2.09. The Morgan fingerprint density at radius 1 is 1.04 bits per heavy atom. The lowest BCUT2D eigenvalue weighted by molar-refractivity contribution is -0.113. The summed E-state index contributed by atoms with van der Waals surface area (Å²) in [5.74, 6) is 0.0397. The van der Waals surface area contributed by atoms with Gasteiger partial charge in [-0.3, -0.25) is 14.8 Å². The average molecular weight is 435 g/mol. The van der Waals surface area contributed by atoms with Gasteiger partial charge in [-0.25, -0.2) is 8.42 Å². The number of thioether (sulfide) groups is 1. The average Bonchev–Trinajstić information content (AvgIpc) is 3.06. The molecule has 3 rings (SSSR count). The van der Waals surface area contributed by atoms with Gasteiger partial charge in [0.05, 0.1) is 10.6 Å². The normalized spacial score (nSPS) is 11.2. The van der Waals surface area contributed by atoms with Crippen molar-refractivity contribution in [3.8, 4) is 0 Å².